The molecule has 0 aliphatic rings. The van der Waals surface area contributed by atoms with Crippen LogP contribution in [0, 0.1) is 13.8 Å². The first kappa shape index (κ1) is 14.0. The van der Waals surface area contributed by atoms with Crippen molar-refractivity contribution in [3.8, 4) is 0 Å². The maximum Gasteiger partial charge on any atom is 0.338 e. The van der Waals surface area contributed by atoms with Gasteiger partial charge in [-0.15, -0.1) is 0 Å². The Labute approximate surface area is 105 Å². The van der Waals surface area contributed by atoms with Crippen LogP contribution in [0.15, 0.2) is 12.1 Å². The van der Waals surface area contributed by atoms with Gasteiger partial charge in [0.1, 0.15) is 0 Å². The van der Waals surface area contributed by atoms with Crippen molar-refractivity contribution in [3.63, 3.8) is 0 Å². The van der Waals surface area contributed by atoms with E-state index in [0.29, 0.717) is 11.1 Å². The fourth-order valence-corrected chi connectivity index (χ4v) is 2.60. The van der Waals surface area contributed by atoms with Gasteiger partial charge < -0.3 is 4.74 Å². The molecule has 0 amide bonds. The standard InChI is InChI=1S/C11H13ClO4S/c1-7-4-8(2)10(11(13)16-3)5-9(7)6-17(12,14)15/h4-5H,6H2,1-3H3. The average molecular weight is 277 g/mol. The van der Waals surface area contributed by atoms with Gasteiger partial charge in [0, 0.05) is 10.7 Å². The van der Waals surface area contributed by atoms with Crippen LogP contribution in [-0.2, 0) is 19.5 Å². The van der Waals surface area contributed by atoms with Crippen LogP contribution >= 0.6 is 10.7 Å². The van der Waals surface area contributed by atoms with Crippen molar-refractivity contribution in [3.05, 3.63) is 34.4 Å². The summed E-state index contributed by atoms with van der Waals surface area (Å²) < 4.78 is 26.7. The van der Waals surface area contributed by atoms with Crippen LogP contribution in [0.5, 0.6) is 0 Å². The van der Waals surface area contributed by atoms with Crippen LogP contribution in [0.1, 0.15) is 27.0 Å². The summed E-state index contributed by atoms with van der Waals surface area (Å²) in [7, 11) is 2.84. The fourth-order valence-electron chi connectivity index (χ4n) is 1.57. The smallest absolute Gasteiger partial charge is 0.338 e. The summed E-state index contributed by atoms with van der Waals surface area (Å²) >= 11 is 0. The monoisotopic (exact) mass is 276 g/mol. The van der Waals surface area contributed by atoms with Gasteiger partial charge in [0.15, 0.2) is 0 Å². The molecule has 4 nitrogen and oxygen atoms in total. The Balaban J connectivity index is 3.29. The number of esters is 1. The molecule has 0 spiro atoms. The first-order valence-corrected chi connectivity index (χ1v) is 7.33. The van der Waals surface area contributed by atoms with Gasteiger partial charge in [-0.3, -0.25) is 0 Å². The molecule has 17 heavy (non-hydrogen) atoms. The van der Waals surface area contributed by atoms with Crippen LogP contribution in [0.25, 0.3) is 0 Å². The number of rotatable bonds is 3. The first-order valence-electron chi connectivity index (χ1n) is 4.85. The number of halogens is 1. The number of hydrogen-bond acceptors (Lipinski definition) is 4. The molecular weight excluding hydrogens is 264 g/mol. The lowest BCUT2D eigenvalue weighted by molar-refractivity contribution is 0.0600. The van der Waals surface area contributed by atoms with Crippen LogP contribution in [0.2, 0.25) is 0 Å². The third kappa shape index (κ3) is 3.71. The molecule has 0 aliphatic carbocycles. The molecule has 0 N–H and O–H groups in total. The first-order chi connectivity index (χ1) is 7.74. The SMILES string of the molecule is COC(=O)c1cc(CS(=O)(=O)Cl)c(C)cc1C. The summed E-state index contributed by atoms with van der Waals surface area (Å²) in [5.74, 6) is -0.791. The summed E-state index contributed by atoms with van der Waals surface area (Å²) in [6.07, 6.45) is 0. The minimum Gasteiger partial charge on any atom is -0.465 e. The molecule has 0 atom stereocenters. The molecule has 0 saturated carbocycles. The number of methoxy groups -OCH3 is 1. The Bertz CT molecular complexity index is 549. The van der Waals surface area contributed by atoms with Gasteiger partial charge in [0.2, 0.25) is 9.05 Å². The van der Waals surface area contributed by atoms with Crippen LogP contribution in [0.4, 0.5) is 0 Å². The van der Waals surface area contributed by atoms with E-state index in [0.717, 1.165) is 11.1 Å². The van der Waals surface area contributed by atoms with E-state index in [9.17, 15) is 13.2 Å². The molecular formula is C11H13ClO4S. The number of benzene rings is 1. The third-order valence-corrected chi connectivity index (χ3v) is 3.40. The number of aryl methyl sites for hydroxylation is 2. The van der Waals surface area contributed by atoms with Crippen LogP contribution < -0.4 is 0 Å². The van der Waals surface area contributed by atoms with Crippen molar-refractivity contribution in [2.45, 2.75) is 19.6 Å². The molecule has 0 heterocycles. The molecule has 0 aromatic heterocycles. The molecule has 0 unspecified atom stereocenters. The van der Waals surface area contributed by atoms with Crippen molar-refractivity contribution >= 4 is 25.7 Å². The average Bonchev–Trinajstić information content (AvgIpc) is 2.19. The van der Waals surface area contributed by atoms with E-state index in [-0.39, 0.29) is 5.75 Å². The Morgan fingerprint density at radius 1 is 1.29 bits per heavy atom. The summed E-state index contributed by atoms with van der Waals surface area (Å²) in [5, 5.41) is 0. The van der Waals surface area contributed by atoms with Crippen molar-refractivity contribution in [2.24, 2.45) is 0 Å². The lowest BCUT2D eigenvalue weighted by Crippen LogP contribution is -2.07. The molecule has 1 rings (SSSR count). The Morgan fingerprint density at radius 2 is 1.88 bits per heavy atom. The van der Waals surface area contributed by atoms with Gasteiger partial charge in [0.25, 0.3) is 0 Å². The predicted octanol–water partition coefficient (Wildman–Crippen LogP) is 2.16. The molecule has 94 valence electrons. The predicted molar refractivity (Wildman–Crippen MR) is 65.7 cm³/mol. The normalized spacial score (nSPS) is 11.3. The molecule has 0 bridgehead atoms. The second kappa shape index (κ2) is 5.06. The Morgan fingerprint density at radius 3 is 2.35 bits per heavy atom. The maximum atomic E-state index is 11.5. The summed E-state index contributed by atoms with van der Waals surface area (Å²) in [4.78, 5) is 11.5. The van der Waals surface area contributed by atoms with Crippen molar-refractivity contribution < 1.29 is 17.9 Å². The zero-order valence-corrected chi connectivity index (χ0v) is 11.4. The van der Waals surface area contributed by atoms with Gasteiger partial charge >= 0.3 is 5.97 Å². The zero-order valence-electron chi connectivity index (χ0n) is 9.78. The van der Waals surface area contributed by atoms with E-state index in [1.807, 2.05) is 0 Å². The number of hydrogen-bond donors (Lipinski definition) is 0. The van der Waals surface area contributed by atoms with Gasteiger partial charge in [-0.2, -0.15) is 0 Å². The van der Waals surface area contributed by atoms with Crippen LogP contribution in [-0.4, -0.2) is 21.5 Å². The minimum atomic E-state index is -3.64. The second-order valence-corrected chi connectivity index (χ2v) is 6.55. The Kier molecular flexibility index (Phi) is 4.16. The Hall–Kier alpha value is -1.07. The largest absolute Gasteiger partial charge is 0.465 e. The quantitative estimate of drug-likeness (QED) is 0.627. The highest BCUT2D eigenvalue weighted by Crippen LogP contribution is 2.20. The highest BCUT2D eigenvalue weighted by Gasteiger charge is 2.15. The highest BCUT2D eigenvalue weighted by atomic mass is 35.7. The lowest BCUT2D eigenvalue weighted by Gasteiger charge is -2.09. The number of carbonyl (C=O) groups excluding carboxylic acids is 1. The zero-order chi connectivity index (χ0) is 13.2. The topological polar surface area (TPSA) is 60.4 Å². The third-order valence-electron chi connectivity index (χ3n) is 2.42. The van der Waals surface area contributed by atoms with Crippen molar-refractivity contribution in [2.75, 3.05) is 7.11 Å². The van der Waals surface area contributed by atoms with E-state index < -0.39 is 15.0 Å². The maximum absolute atomic E-state index is 11.5. The summed E-state index contributed by atoms with van der Waals surface area (Å²) in [6, 6.07) is 3.25. The molecule has 0 fully saturated rings. The van der Waals surface area contributed by atoms with E-state index >= 15 is 0 Å². The minimum absolute atomic E-state index is 0.301. The van der Waals surface area contributed by atoms with Crippen molar-refractivity contribution in [1.82, 2.24) is 0 Å². The fraction of sp³-hybridized carbons (Fsp3) is 0.364. The lowest BCUT2D eigenvalue weighted by atomic mass is 10.0. The summed E-state index contributed by atoms with van der Waals surface area (Å²) in [5.41, 5.74) is 2.38. The van der Waals surface area contributed by atoms with Gasteiger partial charge in [-0.1, -0.05) is 6.07 Å². The van der Waals surface area contributed by atoms with Crippen LogP contribution in [0.3, 0.4) is 0 Å². The molecule has 0 radical (unpaired) electrons. The molecule has 6 heteroatoms. The molecule has 0 aliphatic heterocycles. The number of carbonyl (C=O) groups is 1. The van der Waals surface area contributed by atoms with Gasteiger partial charge in [-0.25, -0.2) is 13.2 Å². The van der Waals surface area contributed by atoms with Gasteiger partial charge in [-0.05, 0) is 36.6 Å². The highest BCUT2D eigenvalue weighted by molar-refractivity contribution is 8.13. The van der Waals surface area contributed by atoms with E-state index in [4.69, 9.17) is 10.7 Å². The van der Waals surface area contributed by atoms with E-state index in [1.54, 1.807) is 19.9 Å². The number of ether oxygens (including phenoxy) is 1. The van der Waals surface area contributed by atoms with E-state index in [2.05, 4.69) is 4.74 Å². The van der Waals surface area contributed by atoms with Gasteiger partial charge in [0.05, 0.1) is 18.4 Å². The van der Waals surface area contributed by atoms with E-state index in [1.165, 1.54) is 13.2 Å². The summed E-state index contributed by atoms with van der Waals surface area (Å²) in [6.45, 7) is 3.53. The van der Waals surface area contributed by atoms with Crippen molar-refractivity contribution in [1.29, 1.82) is 0 Å². The second-order valence-electron chi connectivity index (χ2n) is 3.77. The molecule has 0 saturated heterocycles. The molecule has 1 aromatic carbocycles. The molecule has 1 aromatic rings.